The van der Waals surface area contributed by atoms with Crippen molar-refractivity contribution in [2.75, 3.05) is 20.1 Å². The van der Waals surface area contributed by atoms with Crippen LogP contribution in [-0.2, 0) is 0 Å². The molecular formula is C11H24N2. The molecular weight excluding hydrogens is 160 g/mol. The Morgan fingerprint density at radius 1 is 1.31 bits per heavy atom. The summed E-state index contributed by atoms with van der Waals surface area (Å²) in [7, 11) is 2.28. The largest absolute Gasteiger partial charge is 0.314 e. The minimum atomic E-state index is 0.748. The Balaban J connectivity index is 2.44. The number of nitrogens with zero attached hydrogens (tertiary/aromatic N) is 1. The van der Waals surface area contributed by atoms with E-state index in [1.54, 1.807) is 0 Å². The number of likely N-dealkylation sites (N-methyl/N-ethyl adjacent to an activating group) is 1. The second-order valence-corrected chi connectivity index (χ2v) is 4.67. The second kappa shape index (κ2) is 4.97. The van der Waals surface area contributed by atoms with Crippen LogP contribution in [0.2, 0.25) is 0 Å². The molecule has 1 rings (SSSR count). The molecule has 0 radical (unpaired) electrons. The molecule has 1 heterocycles. The van der Waals surface area contributed by atoms with Gasteiger partial charge < -0.3 is 5.32 Å². The van der Waals surface area contributed by atoms with E-state index in [1.807, 2.05) is 0 Å². The molecule has 0 amide bonds. The molecule has 2 atom stereocenters. The smallest absolute Gasteiger partial charge is 0.0223 e. The van der Waals surface area contributed by atoms with E-state index in [9.17, 15) is 0 Å². The highest BCUT2D eigenvalue weighted by Gasteiger charge is 2.25. The van der Waals surface area contributed by atoms with Crippen LogP contribution in [0.5, 0.6) is 0 Å². The van der Waals surface area contributed by atoms with Gasteiger partial charge in [-0.2, -0.15) is 0 Å². The summed E-state index contributed by atoms with van der Waals surface area (Å²) in [5.74, 6) is 0.810. The standard InChI is InChI=1S/C11H24N2/c1-5-10-7-12-8-11(13(10)4)6-9(2)3/h9-12H,5-8H2,1-4H3/t10?,11-/m1/s1. The van der Waals surface area contributed by atoms with Gasteiger partial charge in [0.2, 0.25) is 0 Å². The van der Waals surface area contributed by atoms with E-state index >= 15 is 0 Å². The highest BCUT2D eigenvalue weighted by atomic mass is 15.2. The number of piperazine rings is 1. The lowest BCUT2D eigenvalue weighted by Crippen LogP contribution is -2.55. The van der Waals surface area contributed by atoms with Gasteiger partial charge in [0.25, 0.3) is 0 Å². The van der Waals surface area contributed by atoms with Crippen molar-refractivity contribution in [3.05, 3.63) is 0 Å². The normalized spacial score (nSPS) is 31.2. The lowest BCUT2D eigenvalue weighted by Gasteiger charge is -2.40. The Morgan fingerprint density at radius 3 is 2.46 bits per heavy atom. The highest BCUT2D eigenvalue weighted by molar-refractivity contribution is 4.84. The SMILES string of the molecule is CCC1CNC[C@@H](CC(C)C)N1C. The van der Waals surface area contributed by atoms with Crippen LogP contribution in [0.15, 0.2) is 0 Å². The van der Waals surface area contributed by atoms with Crippen LogP contribution in [0.4, 0.5) is 0 Å². The molecule has 1 unspecified atom stereocenters. The van der Waals surface area contributed by atoms with E-state index in [1.165, 1.54) is 25.9 Å². The summed E-state index contributed by atoms with van der Waals surface area (Å²) in [6.45, 7) is 9.24. The van der Waals surface area contributed by atoms with Crippen molar-refractivity contribution >= 4 is 0 Å². The third-order valence-electron chi connectivity index (χ3n) is 3.13. The molecule has 1 N–H and O–H groups in total. The van der Waals surface area contributed by atoms with Gasteiger partial charge in [-0.05, 0) is 25.8 Å². The molecule has 0 spiro atoms. The van der Waals surface area contributed by atoms with E-state index < -0.39 is 0 Å². The maximum atomic E-state index is 3.53. The van der Waals surface area contributed by atoms with Crippen LogP contribution in [0.1, 0.15) is 33.6 Å². The van der Waals surface area contributed by atoms with E-state index in [0.29, 0.717) is 0 Å². The molecule has 0 aromatic rings. The molecule has 0 aliphatic carbocycles. The van der Waals surface area contributed by atoms with Crippen LogP contribution in [-0.4, -0.2) is 37.1 Å². The topological polar surface area (TPSA) is 15.3 Å². The van der Waals surface area contributed by atoms with Crippen molar-refractivity contribution < 1.29 is 0 Å². The predicted octanol–water partition coefficient (Wildman–Crippen LogP) is 1.71. The maximum absolute atomic E-state index is 3.53. The quantitative estimate of drug-likeness (QED) is 0.718. The molecule has 1 aliphatic heterocycles. The summed E-state index contributed by atoms with van der Waals surface area (Å²) in [4.78, 5) is 2.57. The van der Waals surface area contributed by atoms with E-state index in [0.717, 1.165) is 18.0 Å². The van der Waals surface area contributed by atoms with Crippen molar-refractivity contribution in [2.24, 2.45) is 5.92 Å². The highest BCUT2D eigenvalue weighted by Crippen LogP contribution is 2.16. The fourth-order valence-electron chi connectivity index (χ4n) is 2.23. The zero-order valence-corrected chi connectivity index (χ0v) is 9.51. The molecule has 2 heteroatoms. The van der Waals surface area contributed by atoms with Crippen LogP contribution in [0.25, 0.3) is 0 Å². The van der Waals surface area contributed by atoms with Gasteiger partial charge in [-0.25, -0.2) is 0 Å². The Bertz CT molecular complexity index is 145. The summed E-state index contributed by atoms with van der Waals surface area (Å²) >= 11 is 0. The maximum Gasteiger partial charge on any atom is 0.0223 e. The Hall–Kier alpha value is -0.0800. The number of nitrogens with one attached hydrogen (secondary N) is 1. The van der Waals surface area contributed by atoms with Crippen molar-refractivity contribution in [3.8, 4) is 0 Å². The zero-order valence-electron chi connectivity index (χ0n) is 9.51. The molecule has 2 nitrogen and oxygen atoms in total. The molecule has 0 aromatic carbocycles. The Morgan fingerprint density at radius 2 is 1.92 bits per heavy atom. The third-order valence-corrected chi connectivity index (χ3v) is 3.13. The first-order valence-corrected chi connectivity index (χ1v) is 5.57. The number of rotatable bonds is 3. The van der Waals surface area contributed by atoms with Crippen LogP contribution >= 0.6 is 0 Å². The first kappa shape index (κ1) is 11.0. The molecule has 1 aliphatic rings. The van der Waals surface area contributed by atoms with Gasteiger partial charge in [0.15, 0.2) is 0 Å². The molecule has 0 saturated carbocycles. The van der Waals surface area contributed by atoms with Gasteiger partial charge in [-0.1, -0.05) is 20.8 Å². The lowest BCUT2D eigenvalue weighted by molar-refractivity contribution is 0.111. The van der Waals surface area contributed by atoms with Gasteiger partial charge in [0, 0.05) is 25.2 Å². The summed E-state index contributed by atoms with van der Waals surface area (Å²) < 4.78 is 0. The van der Waals surface area contributed by atoms with Gasteiger partial charge >= 0.3 is 0 Å². The monoisotopic (exact) mass is 184 g/mol. The summed E-state index contributed by atoms with van der Waals surface area (Å²) in [5, 5.41) is 3.53. The van der Waals surface area contributed by atoms with Gasteiger partial charge in [0.1, 0.15) is 0 Å². The Kier molecular flexibility index (Phi) is 4.20. The van der Waals surface area contributed by atoms with E-state index in [2.05, 4.69) is 38.0 Å². The average molecular weight is 184 g/mol. The van der Waals surface area contributed by atoms with Crippen LogP contribution < -0.4 is 5.32 Å². The van der Waals surface area contributed by atoms with E-state index in [-0.39, 0.29) is 0 Å². The fourth-order valence-corrected chi connectivity index (χ4v) is 2.23. The van der Waals surface area contributed by atoms with Gasteiger partial charge in [0.05, 0.1) is 0 Å². The van der Waals surface area contributed by atoms with E-state index in [4.69, 9.17) is 0 Å². The average Bonchev–Trinajstić information content (AvgIpc) is 2.08. The molecule has 0 bridgehead atoms. The predicted molar refractivity (Wildman–Crippen MR) is 58.0 cm³/mol. The van der Waals surface area contributed by atoms with Crippen LogP contribution in [0.3, 0.4) is 0 Å². The summed E-state index contributed by atoms with van der Waals surface area (Å²) in [6, 6.07) is 1.50. The molecule has 78 valence electrons. The number of hydrogen-bond donors (Lipinski definition) is 1. The van der Waals surface area contributed by atoms with Crippen LogP contribution in [0, 0.1) is 5.92 Å². The van der Waals surface area contributed by atoms with Crippen molar-refractivity contribution in [3.63, 3.8) is 0 Å². The van der Waals surface area contributed by atoms with Gasteiger partial charge in [-0.3, -0.25) is 4.90 Å². The first-order chi connectivity index (χ1) is 6.15. The molecule has 1 saturated heterocycles. The summed E-state index contributed by atoms with van der Waals surface area (Å²) in [6.07, 6.45) is 2.58. The van der Waals surface area contributed by atoms with Crippen molar-refractivity contribution in [1.29, 1.82) is 0 Å². The fraction of sp³-hybridized carbons (Fsp3) is 1.00. The minimum absolute atomic E-state index is 0.748. The molecule has 13 heavy (non-hydrogen) atoms. The summed E-state index contributed by atoms with van der Waals surface area (Å²) in [5.41, 5.74) is 0. The van der Waals surface area contributed by atoms with Crippen molar-refractivity contribution in [2.45, 2.75) is 45.7 Å². The molecule has 0 aromatic heterocycles. The van der Waals surface area contributed by atoms with Gasteiger partial charge in [-0.15, -0.1) is 0 Å². The molecule has 1 fully saturated rings. The minimum Gasteiger partial charge on any atom is -0.314 e. The second-order valence-electron chi connectivity index (χ2n) is 4.67. The van der Waals surface area contributed by atoms with Crippen molar-refractivity contribution in [1.82, 2.24) is 10.2 Å². The lowest BCUT2D eigenvalue weighted by atomic mass is 9.98. The first-order valence-electron chi connectivity index (χ1n) is 5.57. The number of hydrogen-bond acceptors (Lipinski definition) is 2. The zero-order chi connectivity index (χ0) is 9.84. The Labute approximate surface area is 82.7 Å². The third kappa shape index (κ3) is 2.96.